The molecule has 0 heterocycles. The zero-order valence-electron chi connectivity index (χ0n) is 10.3. The second-order valence-corrected chi connectivity index (χ2v) is 3.85. The summed E-state index contributed by atoms with van der Waals surface area (Å²) in [5, 5.41) is 3.07. The minimum Gasteiger partial charge on any atom is -0.493 e. The second kappa shape index (κ2) is 6.93. The van der Waals surface area contributed by atoms with Gasteiger partial charge in [-0.1, -0.05) is 0 Å². The molecule has 17 heavy (non-hydrogen) atoms. The molecule has 1 aromatic rings. The number of terminal acetylenes is 1. The van der Waals surface area contributed by atoms with E-state index < -0.39 is 0 Å². The average Bonchev–Trinajstić information content (AvgIpc) is 2.35. The molecule has 0 aliphatic heterocycles. The molecule has 92 valence electrons. The highest BCUT2D eigenvalue weighted by molar-refractivity contribution is 5.36. The Morgan fingerprint density at radius 1 is 1.53 bits per heavy atom. The van der Waals surface area contributed by atoms with Gasteiger partial charge in [-0.2, -0.15) is 0 Å². The van der Waals surface area contributed by atoms with Crippen molar-refractivity contribution < 1.29 is 9.13 Å². The molecule has 2 nitrogen and oxygen atoms in total. The van der Waals surface area contributed by atoms with Crippen LogP contribution in [-0.4, -0.2) is 13.7 Å². The van der Waals surface area contributed by atoms with Crippen molar-refractivity contribution in [1.29, 1.82) is 0 Å². The Morgan fingerprint density at radius 3 is 2.94 bits per heavy atom. The van der Waals surface area contributed by atoms with Crippen LogP contribution in [0, 0.1) is 18.2 Å². The lowest BCUT2D eigenvalue weighted by Gasteiger charge is -2.16. The first-order valence-corrected chi connectivity index (χ1v) is 5.72. The van der Waals surface area contributed by atoms with Gasteiger partial charge < -0.3 is 10.1 Å². The van der Waals surface area contributed by atoms with Crippen LogP contribution in [0.4, 0.5) is 4.39 Å². The monoisotopic (exact) mass is 235 g/mol. The molecular weight excluding hydrogens is 217 g/mol. The summed E-state index contributed by atoms with van der Waals surface area (Å²) in [5.74, 6) is 3.02. The van der Waals surface area contributed by atoms with Gasteiger partial charge in [0, 0.05) is 18.0 Å². The van der Waals surface area contributed by atoms with Gasteiger partial charge in [0.1, 0.15) is 11.6 Å². The predicted molar refractivity (Wildman–Crippen MR) is 67.4 cm³/mol. The maximum absolute atomic E-state index is 13.2. The number of rotatable bonds is 6. The van der Waals surface area contributed by atoms with Gasteiger partial charge in [0.05, 0.1) is 6.61 Å². The minimum atomic E-state index is -0.252. The topological polar surface area (TPSA) is 21.3 Å². The number of ether oxygens (including phenoxy) is 1. The van der Waals surface area contributed by atoms with Gasteiger partial charge >= 0.3 is 0 Å². The molecule has 1 rings (SSSR count). The lowest BCUT2D eigenvalue weighted by Crippen LogP contribution is -2.14. The van der Waals surface area contributed by atoms with Crippen LogP contribution in [0.15, 0.2) is 18.2 Å². The van der Waals surface area contributed by atoms with Crippen molar-refractivity contribution in [2.24, 2.45) is 0 Å². The Morgan fingerprint density at radius 2 is 2.29 bits per heavy atom. The molecule has 0 bridgehead atoms. The zero-order valence-corrected chi connectivity index (χ0v) is 10.3. The van der Waals surface area contributed by atoms with Crippen molar-refractivity contribution >= 4 is 0 Å². The second-order valence-electron chi connectivity index (χ2n) is 3.85. The van der Waals surface area contributed by atoms with Gasteiger partial charge in [0.25, 0.3) is 0 Å². The van der Waals surface area contributed by atoms with E-state index in [1.54, 1.807) is 6.07 Å². The van der Waals surface area contributed by atoms with Gasteiger partial charge in [-0.15, -0.1) is 12.3 Å². The van der Waals surface area contributed by atoms with Crippen LogP contribution < -0.4 is 10.1 Å². The predicted octanol–water partition coefficient (Wildman–Crippen LogP) is 2.90. The van der Waals surface area contributed by atoms with Gasteiger partial charge in [-0.05, 0) is 38.6 Å². The third-order valence-corrected chi connectivity index (χ3v) is 2.59. The standard InChI is InChI=1S/C14H18FNO/c1-4-5-6-9-17-14-8-7-12(15)10-13(14)11(2)16-3/h1,7-8,10-11,16H,5-6,9H2,2-3H3. The van der Waals surface area contributed by atoms with Gasteiger partial charge in [-0.25, -0.2) is 4.39 Å². The van der Waals surface area contributed by atoms with E-state index in [4.69, 9.17) is 11.2 Å². The molecule has 1 unspecified atom stereocenters. The van der Waals surface area contributed by atoms with Crippen molar-refractivity contribution in [3.63, 3.8) is 0 Å². The van der Waals surface area contributed by atoms with Gasteiger partial charge in [0.15, 0.2) is 0 Å². The third-order valence-electron chi connectivity index (χ3n) is 2.59. The van der Waals surface area contributed by atoms with Crippen molar-refractivity contribution in [1.82, 2.24) is 5.32 Å². The van der Waals surface area contributed by atoms with Crippen molar-refractivity contribution in [3.8, 4) is 18.1 Å². The van der Waals surface area contributed by atoms with Crippen molar-refractivity contribution in [3.05, 3.63) is 29.6 Å². The first-order chi connectivity index (χ1) is 8.19. The van der Waals surface area contributed by atoms with Crippen LogP contribution in [0.1, 0.15) is 31.4 Å². The summed E-state index contributed by atoms with van der Waals surface area (Å²) < 4.78 is 18.8. The van der Waals surface area contributed by atoms with E-state index in [-0.39, 0.29) is 11.9 Å². The SMILES string of the molecule is C#CCCCOc1ccc(F)cc1C(C)NC. The first-order valence-electron chi connectivity index (χ1n) is 5.72. The van der Waals surface area contributed by atoms with E-state index in [0.29, 0.717) is 18.8 Å². The molecule has 0 aliphatic rings. The van der Waals surface area contributed by atoms with Crippen LogP contribution in [-0.2, 0) is 0 Å². The summed E-state index contributed by atoms with van der Waals surface area (Å²) in [5.41, 5.74) is 0.827. The highest BCUT2D eigenvalue weighted by Gasteiger charge is 2.11. The van der Waals surface area contributed by atoms with E-state index in [1.807, 2.05) is 14.0 Å². The molecule has 0 amide bonds. The maximum atomic E-state index is 13.2. The number of unbranched alkanes of at least 4 members (excludes halogenated alkanes) is 1. The Kier molecular flexibility index (Phi) is 5.51. The van der Waals surface area contributed by atoms with E-state index >= 15 is 0 Å². The van der Waals surface area contributed by atoms with Crippen LogP contribution in [0.2, 0.25) is 0 Å². The summed E-state index contributed by atoms with van der Waals surface area (Å²) in [6, 6.07) is 4.61. The van der Waals surface area contributed by atoms with E-state index in [2.05, 4.69) is 11.2 Å². The summed E-state index contributed by atoms with van der Waals surface area (Å²) in [6.07, 6.45) is 6.66. The number of hydrogen-bond donors (Lipinski definition) is 1. The highest BCUT2D eigenvalue weighted by atomic mass is 19.1. The molecule has 1 N–H and O–H groups in total. The summed E-state index contributed by atoms with van der Waals surface area (Å²) in [7, 11) is 1.83. The summed E-state index contributed by atoms with van der Waals surface area (Å²) in [4.78, 5) is 0. The highest BCUT2D eigenvalue weighted by Crippen LogP contribution is 2.26. The quantitative estimate of drug-likeness (QED) is 0.604. The van der Waals surface area contributed by atoms with Gasteiger partial charge in [-0.3, -0.25) is 0 Å². The van der Waals surface area contributed by atoms with Crippen molar-refractivity contribution in [2.45, 2.75) is 25.8 Å². The van der Waals surface area contributed by atoms with Crippen molar-refractivity contribution in [2.75, 3.05) is 13.7 Å². The number of hydrogen-bond acceptors (Lipinski definition) is 2. The van der Waals surface area contributed by atoms with E-state index in [0.717, 1.165) is 12.0 Å². The largest absolute Gasteiger partial charge is 0.493 e. The Hall–Kier alpha value is -1.53. The molecule has 0 spiro atoms. The smallest absolute Gasteiger partial charge is 0.124 e. The lowest BCUT2D eigenvalue weighted by atomic mass is 10.1. The fraction of sp³-hybridized carbons (Fsp3) is 0.429. The molecule has 0 aromatic heterocycles. The molecule has 1 aromatic carbocycles. The molecule has 0 radical (unpaired) electrons. The molecule has 1 atom stereocenters. The van der Waals surface area contributed by atoms with Crippen LogP contribution in [0.25, 0.3) is 0 Å². The molecular formula is C14H18FNO. The first kappa shape index (κ1) is 13.5. The summed E-state index contributed by atoms with van der Waals surface area (Å²) in [6.45, 7) is 2.52. The fourth-order valence-electron chi connectivity index (χ4n) is 1.50. The van der Waals surface area contributed by atoms with E-state index in [9.17, 15) is 4.39 Å². The number of benzene rings is 1. The van der Waals surface area contributed by atoms with E-state index in [1.165, 1.54) is 12.1 Å². The van der Waals surface area contributed by atoms with Crippen LogP contribution >= 0.6 is 0 Å². The Labute approximate surface area is 102 Å². The maximum Gasteiger partial charge on any atom is 0.124 e. The lowest BCUT2D eigenvalue weighted by molar-refractivity contribution is 0.306. The Balaban J connectivity index is 2.73. The van der Waals surface area contributed by atoms with Crippen LogP contribution in [0.3, 0.4) is 0 Å². The minimum absolute atomic E-state index is 0.0494. The molecule has 0 saturated carbocycles. The Bertz CT molecular complexity index is 398. The normalized spacial score (nSPS) is 11.9. The molecule has 0 fully saturated rings. The summed E-state index contributed by atoms with van der Waals surface area (Å²) >= 11 is 0. The zero-order chi connectivity index (χ0) is 12.7. The average molecular weight is 235 g/mol. The number of halogens is 1. The fourth-order valence-corrected chi connectivity index (χ4v) is 1.50. The van der Waals surface area contributed by atoms with Gasteiger partial charge in [0.2, 0.25) is 0 Å². The third kappa shape index (κ3) is 4.08. The molecule has 0 aliphatic carbocycles. The number of nitrogens with one attached hydrogen (secondary N) is 1. The van der Waals surface area contributed by atoms with Crippen LogP contribution in [0.5, 0.6) is 5.75 Å². The molecule has 0 saturated heterocycles. The molecule has 3 heteroatoms.